The van der Waals surface area contributed by atoms with Gasteiger partial charge in [-0.3, -0.25) is 9.55 Å². The lowest BCUT2D eigenvalue weighted by Crippen LogP contribution is -2.25. The molecule has 8 nitrogen and oxygen atoms in total. The summed E-state index contributed by atoms with van der Waals surface area (Å²) in [6.45, 7) is 5.45. The normalized spacial score (nSPS) is 14.5. The van der Waals surface area contributed by atoms with E-state index in [4.69, 9.17) is 31.3 Å². The zero-order chi connectivity index (χ0) is 22.6. The van der Waals surface area contributed by atoms with Crippen molar-refractivity contribution in [3.63, 3.8) is 0 Å². The highest BCUT2D eigenvalue weighted by atomic mass is 35.5. The molecule has 0 unspecified atom stereocenters. The number of H-pyrrole nitrogens is 1. The number of aromatic nitrogens is 6. The van der Waals surface area contributed by atoms with E-state index in [1.54, 1.807) is 12.4 Å². The number of pyridine rings is 1. The van der Waals surface area contributed by atoms with Crippen molar-refractivity contribution in [2.24, 2.45) is 0 Å². The summed E-state index contributed by atoms with van der Waals surface area (Å²) in [4.78, 5) is 21.9. The highest BCUT2D eigenvalue weighted by Gasteiger charge is 2.36. The molecular formula is C24H22ClN7O. The fraction of sp³-hybridized carbons (Fsp3) is 0.250. The largest absolute Gasteiger partial charge is 0.462 e. The average Bonchev–Trinajstić information content (AvgIpc) is 3.47. The number of benzene rings is 1. The van der Waals surface area contributed by atoms with E-state index in [-0.39, 0.29) is 5.54 Å². The van der Waals surface area contributed by atoms with Gasteiger partial charge in [0.15, 0.2) is 22.8 Å². The van der Waals surface area contributed by atoms with Gasteiger partial charge < -0.3 is 15.0 Å². The summed E-state index contributed by atoms with van der Waals surface area (Å²) < 4.78 is 7.89. The number of hydrogen-bond donors (Lipinski definition) is 2. The molecule has 5 heterocycles. The number of nitrogens with one attached hydrogen (secondary N) is 2. The van der Waals surface area contributed by atoms with E-state index >= 15 is 0 Å². The van der Waals surface area contributed by atoms with E-state index in [1.165, 1.54) is 10.9 Å². The molecule has 0 fully saturated rings. The van der Waals surface area contributed by atoms with Gasteiger partial charge in [-0.25, -0.2) is 9.97 Å². The molecule has 5 aromatic rings. The van der Waals surface area contributed by atoms with Gasteiger partial charge in [-0.15, -0.1) is 0 Å². The zero-order valence-corrected chi connectivity index (χ0v) is 19.0. The molecule has 33 heavy (non-hydrogen) atoms. The van der Waals surface area contributed by atoms with Crippen molar-refractivity contribution in [2.45, 2.75) is 25.8 Å². The van der Waals surface area contributed by atoms with Crippen LogP contribution in [0.5, 0.6) is 6.01 Å². The molecule has 0 spiro atoms. The van der Waals surface area contributed by atoms with Gasteiger partial charge in [-0.05, 0) is 38.0 Å². The van der Waals surface area contributed by atoms with Crippen molar-refractivity contribution < 1.29 is 4.74 Å². The first-order chi connectivity index (χ1) is 16.0. The summed E-state index contributed by atoms with van der Waals surface area (Å²) in [6.07, 6.45) is 6.20. The van der Waals surface area contributed by atoms with E-state index in [9.17, 15) is 0 Å². The first-order valence-corrected chi connectivity index (χ1v) is 11.2. The van der Waals surface area contributed by atoms with Crippen molar-refractivity contribution in [1.29, 1.82) is 0 Å². The Morgan fingerprint density at radius 3 is 2.94 bits per heavy atom. The predicted molar refractivity (Wildman–Crippen MR) is 129 cm³/mol. The van der Waals surface area contributed by atoms with Gasteiger partial charge in [-0.1, -0.05) is 29.8 Å². The number of para-hydroxylation sites is 1. The fourth-order valence-electron chi connectivity index (χ4n) is 4.33. The van der Waals surface area contributed by atoms with Crippen LogP contribution in [-0.2, 0) is 12.0 Å². The van der Waals surface area contributed by atoms with Gasteiger partial charge in [0.05, 0.1) is 10.6 Å². The molecule has 166 valence electrons. The standard InChI is InChI=1S/C24H22ClN7O/c1-24(2)13-33-23-29-19-21(27-8-7-14-11-28-18-6-4-3-5-17(14)18)30-20(31-22(19)32(23)24)15-9-16(25)12-26-10-15/h3-6,9-12,28H,7-8,13H2,1-2H3,(H,27,30,31). The molecule has 0 aliphatic carbocycles. The first-order valence-electron chi connectivity index (χ1n) is 10.8. The van der Waals surface area contributed by atoms with Gasteiger partial charge in [0.25, 0.3) is 6.01 Å². The van der Waals surface area contributed by atoms with Crippen molar-refractivity contribution in [3.8, 4) is 17.4 Å². The van der Waals surface area contributed by atoms with Crippen LogP contribution < -0.4 is 10.1 Å². The number of ether oxygens (including phenoxy) is 1. The van der Waals surface area contributed by atoms with E-state index in [0.29, 0.717) is 41.3 Å². The minimum atomic E-state index is -0.260. The van der Waals surface area contributed by atoms with Crippen LogP contribution in [0.4, 0.5) is 5.82 Å². The van der Waals surface area contributed by atoms with Crippen LogP contribution in [0.25, 0.3) is 33.5 Å². The summed E-state index contributed by atoms with van der Waals surface area (Å²) in [5, 5.41) is 5.25. The minimum Gasteiger partial charge on any atom is -0.462 e. The maximum absolute atomic E-state index is 6.18. The number of fused-ring (bicyclic) bond motifs is 4. The van der Waals surface area contributed by atoms with Gasteiger partial charge in [0, 0.05) is 41.6 Å². The number of nitrogens with zero attached hydrogens (tertiary/aromatic N) is 5. The Morgan fingerprint density at radius 2 is 2.06 bits per heavy atom. The highest BCUT2D eigenvalue weighted by Crippen LogP contribution is 2.37. The molecular weight excluding hydrogens is 438 g/mol. The van der Waals surface area contributed by atoms with E-state index < -0.39 is 0 Å². The van der Waals surface area contributed by atoms with Crippen molar-refractivity contribution in [3.05, 3.63) is 59.5 Å². The number of aromatic amines is 1. The molecule has 0 bridgehead atoms. The summed E-state index contributed by atoms with van der Waals surface area (Å²) >= 11 is 6.18. The van der Waals surface area contributed by atoms with Crippen molar-refractivity contribution in [2.75, 3.05) is 18.5 Å². The Labute approximate surface area is 195 Å². The number of anilines is 1. The third-order valence-corrected chi connectivity index (χ3v) is 6.17. The molecule has 0 saturated carbocycles. The summed E-state index contributed by atoms with van der Waals surface area (Å²) in [7, 11) is 0. The lowest BCUT2D eigenvalue weighted by Gasteiger charge is -2.18. The predicted octanol–water partition coefficient (Wildman–Crippen LogP) is 4.81. The topological polar surface area (TPSA) is 93.5 Å². The molecule has 0 saturated heterocycles. The van der Waals surface area contributed by atoms with Crippen molar-refractivity contribution in [1.82, 2.24) is 29.5 Å². The number of halogens is 1. The van der Waals surface area contributed by atoms with Crippen LogP contribution in [-0.4, -0.2) is 42.6 Å². The summed E-state index contributed by atoms with van der Waals surface area (Å²) in [5.41, 5.74) is 4.29. The second kappa shape index (κ2) is 7.45. The number of imidazole rings is 1. The van der Waals surface area contributed by atoms with Crippen LogP contribution in [0, 0.1) is 0 Å². The SMILES string of the molecule is CC1(C)COc2nc3c(NCCc4c[nH]c5ccccc45)nc(-c4cncc(Cl)c4)nc3n21. The molecule has 0 amide bonds. The molecule has 0 radical (unpaired) electrons. The van der Waals surface area contributed by atoms with Crippen LogP contribution in [0.15, 0.2) is 48.9 Å². The fourth-order valence-corrected chi connectivity index (χ4v) is 4.50. The van der Waals surface area contributed by atoms with Crippen LogP contribution in [0.1, 0.15) is 19.4 Å². The van der Waals surface area contributed by atoms with Crippen LogP contribution in [0.3, 0.4) is 0 Å². The summed E-state index contributed by atoms with van der Waals surface area (Å²) in [6, 6.07) is 10.7. The lowest BCUT2D eigenvalue weighted by molar-refractivity contribution is 0.268. The molecule has 1 aromatic carbocycles. The smallest absolute Gasteiger partial charge is 0.299 e. The maximum atomic E-state index is 6.18. The van der Waals surface area contributed by atoms with E-state index in [1.807, 2.05) is 16.7 Å². The molecule has 1 aliphatic rings. The van der Waals surface area contributed by atoms with Gasteiger partial charge in [0.1, 0.15) is 6.61 Å². The lowest BCUT2D eigenvalue weighted by atomic mass is 10.1. The van der Waals surface area contributed by atoms with E-state index in [2.05, 4.69) is 53.5 Å². The molecule has 4 aromatic heterocycles. The minimum absolute atomic E-state index is 0.260. The Bertz CT molecular complexity index is 1500. The Balaban J connectivity index is 1.39. The summed E-state index contributed by atoms with van der Waals surface area (Å²) in [5.74, 6) is 1.20. The molecule has 6 rings (SSSR count). The monoisotopic (exact) mass is 459 g/mol. The second-order valence-corrected chi connectivity index (χ2v) is 9.26. The van der Waals surface area contributed by atoms with Gasteiger partial charge >= 0.3 is 0 Å². The van der Waals surface area contributed by atoms with Gasteiger partial charge in [-0.2, -0.15) is 4.98 Å². The third kappa shape index (κ3) is 3.38. The Kier molecular flexibility index (Phi) is 4.51. The molecule has 2 N–H and O–H groups in total. The average molecular weight is 460 g/mol. The number of hydrogen-bond acceptors (Lipinski definition) is 6. The van der Waals surface area contributed by atoms with Crippen LogP contribution >= 0.6 is 11.6 Å². The second-order valence-electron chi connectivity index (χ2n) is 8.83. The van der Waals surface area contributed by atoms with Crippen molar-refractivity contribution >= 4 is 39.5 Å². The zero-order valence-electron chi connectivity index (χ0n) is 18.3. The first kappa shape index (κ1) is 20.0. The van der Waals surface area contributed by atoms with Crippen LogP contribution in [0.2, 0.25) is 5.02 Å². The third-order valence-electron chi connectivity index (χ3n) is 5.96. The van der Waals surface area contributed by atoms with E-state index in [0.717, 1.165) is 23.1 Å². The molecule has 0 atom stereocenters. The highest BCUT2D eigenvalue weighted by molar-refractivity contribution is 6.30. The quantitative estimate of drug-likeness (QED) is 0.392. The Hall–Kier alpha value is -3.65. The number of rotatable bonds is 5. The molecule has 1 aliphatic heterocycles. The Morgan fingerprint density at radius 1 is 1.18 bits per heavy atom. The maximum Gasteiger partial charge on any atom is 0.299 e. The van der Waals surface area contributed by atoms with Gasteiger partial charge in [0.2, 0.25) is 0 Å². The molecule has 9 heteroatoms.